The van der Waals surface area contributed by atoms with Crippen LogP contribution in [0, 0.1) is 0 Å². The lowest BCUT2D eigenvalue weighted by Gasteiger charge is -2.19. The fraction of sp³-hybridized carbons (Fsp3) is 0.400. The van der Waals surface area contributed by atoms with Gasteiger partial charge in [0.25, 0.3) is 0 Å². The van der Waals surface area contributed by atoms with Crippen molar-refractivity contribution >= 4 is 19.7 Å². The molecule has 0 aromatic heterocycles. The van der Waals surface area contributed by atoms with E-state index in [2.05, 4.69) is 0 Å². The van der Waals surface area contributed by atoms with E-state index in [1.165, 1.54) is 12.1 Å². The minimum Gasteiger partial charge on any atom is -0.211 e. The summed E-state index contributed by atoms with van der Waals surface area (Å²) in [5.41, 5.74) is 0.0107. The Balaban J connectivity index is 3.44. The maximum atomic E-state index is 12.8. The molecule has 1 atom stereocenters. The summed E-state index contributed by atoms with van der Waals surface area (Å²) < 4.78 is 60.4. The third-order valence-electron chi connectivity index (χ3n) is 2.30. The number of benzene rings is 1. The molecule has 0 fully saturated rings. The molecule has 0 radical (unpaired) electrons. The highest BCUT2D eigenvalue weighted by Crippen LogP contribution is 2.42. The summed E-state index contributed by atoms with van der Waals surface area (Å²) in [4.78, 5) is 0. The molecule has 0 saturated heterocycles. The van der Waals surface area contributed by atoms with Gasteiger partial charge in [0.15, 0.2) is 5.25 Å². The second-order valence-corrected chi connectivity index (χ2v) is 6.16. The number of alkyl halides is 3. The van der Waals surface area contributed by atoms with Crippen LogP contribution in [0.3, 0.4) is 0 Å². The Morgan fingerprint density at radius 3 is 2.24 bits per heavy atom. The van der Waals surface area contributed by atoms with Crippen molar-refractivity contribution in [3.05, 3.63) is 35.4 Å². The van der Waals surface area contributed by atoms with E-state index in [1.807, 2.05) is 0 Å². The predicted molar refractivity (Wildman–Crippen MR) is 59.4 cm³/mol. The zero-order valence-electron chi connectivity index (χ0n) is 8.83. The Morgan fingerprint density at radius 2 is 1.82 bits per heavy atom. The Bertz CT molecular complexity index is 497. The van der Waals surface area contributed by atoms with E-state index >= 15 is 0 Å². The van der Waals surface area contributed by atoms with E-state index in [9.17, 15) is 21.6 Å². The summed E-state index contributed by atoms with van der Waals surface area (Å²) in [5.74, 6) is 0. The van der Waals surface area contributed by atoms with Gasteiger partial charge in [-0.15, -0.1) is 0 Å². The van der Waals surface area contributed by atoms with Crippen LogP contribution in [0.15, 0.2) is 24.3 Å². The first-order valence-corrected chi connectivity index (χ1v) is 7.13. The molecule has 0 N–H and O–H groups in total. The largest absolute Gasteiger partial charge is 0.410 e. The normalized spacial score (nSPS) is 14.6. The molecule has 0 aliphatic heterocycles. The maximum absolute atomic E-state index is 12.8. The Morgan fingerprint density at radius 1 is 1.29 bits per heavy atom. The summed E-state index contributed by atoms with van der Waals surface area (Å²) in [6.45, 7) is 1.65. The van der Waals surface area contributed by atoms with Crippen LogP contribution in [0.5, 0.6) is 0 Å². The van der Waals surface area contributed by atoms with Crippen molar-refractivity contribution in [2.24, 2.45) is 0 Å². The van der Waals surface area contributed by atoms with Crippen LogP contribution in [-0.2, 0) is 15.5 Å². The van der Waals surface area contributed by atoms with Gasteiger partial charge in [-0.25, -0.2) is 8.42 Å². The molecular weight excluding hydrogens is 277 g/mol. The van der Waals surface area contributed by atoms with Gasteiger partial charge in [-0.2, -0.15) is 13.2 Å². The summed E-state index contributed by atoms with van der Waals surface area (Å²) in [5, 5.41) is -2.67. The zero-order valence-corrected chi connectivity index (χ0v) is 10.4. The van der Waals surface area contributed by atoms with Gasteiger partial charge in [0.2, 0.25) is 9.05 Å². The minimum absolute atomic E-state index is 0.301. The molecule has 17 heavy (non-hydrogen) atoms. The molecule has 1 unspecified atom stereocenters. The van der Waals surface area contributed by atoms with Crippen molar-refractivity contribution in [1.29, 1.82) is 0 Å². The van der Waals surface area contributed by atoms with E-state index in [-0.39, 0.29) is 5.56 Å². The third kappa shape index (κ3) is 3.35. The molecule has 0 amide bonds. The SMILES string of the molecule is CCc1ccccc1C(C(F)(F)F)S(=O)(=O)Cl. The lowest BCUT2D eigenvalue weighted by atomic mass is 10.0. The third-order valence-corrected chi connectivity index (χ3v) is 3.92. The number of hydrogen-bond donors (Lipinski definition) is 0. The molecular formula is C10H10ClF3O2S. The number of hydrogen-bond acceptors (Lipinski definition) is 2. The van der Waals surface area contributed by atoms with Crippen molar-refractivity contribution in [2.45, 2.75) is 24.8 Å². The van der Waals surface area contributed by atoms with Crippen LogP contribution in [0.2, 0.25) is 0 Å². The molecule has 0 aliphatic rings. The highest BCUT2D eigenvalue weighted by Gasteiger charge is 2.49. The Hall–Kier alpha value is -0.750. The molecule has 1 aromatic rings. The van der Waals surface area contributed by atoms with Crippen LogP contribution >= 0.6 is 10.7 Å². The molecule has 0 heterocycles. The summed E-state index contributed by atoms with van der Waals surface area (Å²) >= 11 is 0. The standard InChI is InChI=1S/C10H10ClF3O2S/c1-2-7-5-3-4-6-8(7)9(10(12,13)14)17(11,15)16/h3-6,9H,2H2,1H3. The highest BCUT2D eigenvalue weighted by molar-refractivity contribution is 8.14. The molecule has 96 valence electrons. The minimum atomic E-state index is -4.92. The van der Waals surface area contributed by atoms with Gasteiger partial charge in [-0.05, 0) is 17.5 Å². The van der Waals surface area contributed by atoms with E-state index in [0.717, 1.165) is 6.07 Å². The van der Waals surface area contributed by atoms with Gasteiger partial charge in [0.05, 0.1) is 0 Å². The second kappa shape index (κ2) is 4.86. The van der Waals surface area contributed by atoms with Gasteiger partial charge in [0, 0.05) is 10.7 Å². The van der Waals surface area contributed by atoms with E-state index < -0.39 is 20.5 Å². The fourth-order valence-electron chi connectivity index (χ4n) is 1.60. The van der Waals surface area contributed by atoms with Crippen molar-refractivity contribution in [1.82, 2.24) is 0 Å². The number of rotatable bonds is 3. The summed E-state index contributed by atoms with van der Waals surface area (Å²) in [6, 6.07) is 5.50. The van der Waals surface area contributed by atoms with Crippen molar-refractivity contribution in [3.63, 3.8) is 0 Å². The predicted octanol–water partition coefficient (Wildman–Crippen LogP) is 3.42. The van der Waals surface area contributed by atoms with Gasteiger partial charge in [-0.3, -0.25) is 0 Å². The van der Waals surface area contributed by atoms with Crippen molar-refractivity contribution < 1.29 is 21.6 Å². The first kappa shape index (κ1) is 14.3. The topological polar surface area (TPSA) is 34.1 Å². The number of aryl methyl sites for hydroxylation is 1. The average molecular weight is 287 g/mol. The van der Waals surface area contributed by atoms with Gasteiger partial charge in [-0.1, -0.05) is 31.2 Å². The molecule has 0 aliphatic carbocycles. The van der Waals surface area contributed by atoms with Gasteiger partial charge >= 0.3 is 6.18 Å². The van der Waals surface area contributed by atoms with E-state index in [1.54, 1.807) is 13.0 Å². The maximum Gasteiger partial charge on any atom is 0.410 e. The smallest absolute Gasteiger partial charge is 0.211 e. The van der Waals surface area contributed by atoms with E-state index in [4.69, 9.17) is 10.7 Å². The first-order chi connectivity index (χ1) is 7.68. The molecule has 0 bridgehead atoms. The molecule has 0 saturated carbocycles. The Labute approximate surface area is 102 Å². The van der Waals surface area contributed by atoms with Gasteiger partial charge < -0.3 is 0 Å². The lowest BCUT2D eigenvalue weighted by molar-refractivity contribution is -0.131. The highest BCUT2D eigenvalue weighted by atomic mass is 35.7. The fourth-order valence-corrected chi connectivity index (χ4v) is 3.04. The molecule has 2 nitrogen and oxygen atoms in total. The van der Waals surface area contributed by atoms with Crippen molar-refractivity contribution in [3.8, 4) is 0 Å². The van der Waals surface area contributed by atoms with Crippen molar-refractivity contribution in [2.75, 3.05) is 0 Å². The monoisotopic (exact) mass is 286 g/mol. The van der Waals surface area contributed by atoms with Crippen LogP contribution in [-0.4, -0.2) is 14.6 Å². The summed E-state index contributed by atoms with van der Waals surface area (Å²) in [6.07, 6.45) is -4.62. The van der Waals surface area contributed by atoms with Crippen LogP contribution in [0.25, 0.3) is 0 Å². The summed E-state index contributed by atoms with van der Waals surface area (Å²) in [7, 11) is 0.138. The molecule has 7 heteroatoms. The van der Waals surface area contributed by atoms with Crippen LogP contribution in [0.1, 0.15) is 23.3 Å². The van der Waals surface area contributed by atoms with Gasteiger partial charge in [0.1, 0.15) is 0 Å². The molecule has 1 aromatic carbocycles. The zero-order chi connectivity index (χ0) is 13.3. The van der Waals surface area contributed by atoms with Crippen LogP contribution < -0.4 is 0 Å². The molecule has 0 spiro atoms. The molecule has 1 rings (SSSR count). The Kier molecular flexibility index (Phi) is 4.09. The average Bonchev–Trinajstić information content (AvgIpc) is 2.14. The van der Waals surface area contributed by atoms with E-state index in [0.29, 0.717) is 12.0 Å². The lowest BCUT2D eigenvalue weighted by Crippen LogP contribution is -2.26. The second-order valence-electron chi connectivity index (χ2n) is 3.45. The van der Waals surface area contributed by atoms with Crippen LogP contribution in [0.4, 0.5) is 13.2 Å². The quantitative estimate of drug-likeness (QED) is 0.798. The number of halogens is 4. The first-order valence-electron chi connectivity index (χ1n) is 4.76.